The second kappa shape index (κ2) is 6.64. The summed E-state index contributed by atoms with van der Waals surface area (Å²) in [6.45, 7) is 0. The number of H-pyrrole nitrogens is 1. The summed E-state index contributed by atoms with van der Waals surface area (Å²) in [6, 6.07) is 11.1. The van der Waals surface area contributed by atoms with Gasteiger partial charge in [0.1, 0.15) is 0 Å². The number of fused-ring (bicyclic) bond motifs is 1. The van der Waals surface area contributed by atoms with Gasteiger partial charge in [0.25, 0.3) is 5.91 Å². The van der Waals surface area contributed by atoms with E-state index in [1.54, 1.807) is 6.20 Å². The van der Waals surface area contributed by atoms with Gasteiger partial charge in [-0.1, -0.05) is 24.3 Å². The van der Waals surface area contributed by atoms with E-state index in [9.17, 15) is 13.6 Å². The molecule has 8 heteroatoms. The molecule has 26 heavy (non-hydrogen) atoms. The molecule has 0 saturated carbocycles. The molecule has 0 saturated heterocycles. The Hall–Kier alpha value is -3.13. The van der Waals surface area contributed by atoms with Crippen molar-refractivity contribution in [3.05, 3.63) is 76.4 Å². The number of thiazole rings is 1. The Morgan fingerprint density at radius 2 is 2.00 bits per heavy atom. The predicted molar refractivity (Wildman–Crippen MR) is 95.3 cm³/mol. The van der Waals surface area contributed by atoms with Gasteiger partial charge in [-0.3, -0.25) is 15.2 Å². The molecular weight excluding hydrogens is 358 g/mol. The van der Waals surface area contributed by atoms with Crippen LogP contribution >= 0.6 is 11.3 Å². The van der Waals surface area contributed by atoms with Crippen LogP contribution in [0.1, 0.15) is 20.9 Å². The molecule has 5 nitrogen and oxygen atoms in total. The lowest BCUT2D eigenvalue weighted by atomic mass is 10.1. The van der Waals surface area contributed by atoms with Crippen LogP contribution in [0.2, 0.25) is 0 Å². The third-order valence-corrected chi connectivity index (χ3v) is 4.73. The molecular formula is C18H12F2N4OS. The highest BCUT2D eigenvalue weighted by Crippen LogP contribution is 2.23. The number of aromatic nitrogens is 3. The van der Waals surface area contributed by atoms with Gasteiger partial charge in [0, 0.05) is 22.9 Å². The summed E-state index contributed by atoms with van der Waals surface area (Å²) in [7, 11) is 0. The van der Waals surface area contributed by atoms with Gasteiger partial charge < -0.3 is 0 Å². The maximum absolute atomic E-state index is 13.3. The molecule has 0 aliphatic carbocycles. The van der Waals surface area contributed by atoms with Crippen molar-refractivity contribution in [2.75, 3.05) is 5.32 Å². The van der Waals surface area contributed by atoms with Crippen molar-refractivity contribution in [3.8, 4) is 0 Å². The fourth-order valence-corrected chi connectivity index (χ4v) is 3.43. The minimum Gasteiger partial charge on any atom is -0.296 e. The number of nitrogens with zero attached hydrogens (tertiary/aromatic N) is 2. The van der Waals surface area contributed by atoms with Gasteiger partial charge in [-0.15, -0.1) is 11.3 Å². The third kappa shape index (κ3) is 3.18. The summed E-state index contributed by atoms with van der Waals surface area (Å²) in [5, 5.41) is 10.7. The summed E-state index contributed by atoms with van der Waals surface area (Å²) in [5.74, 6) is -2.13. The third-order valence-electron chi connectivity index (χ3n) is 3.82. The molecule has 4 rings (SSSR count). The minimum atomic E-state index is -0.883. The zero-order valence-corrected chi connectivity index (χ0v) is 14.1. The van der Waals surface area contributed by atoms with Crippen LogP contribution in [0.25, 0.3) is 10.9 Å². The normalized spacial score (nSPS) is 11.0. The summed E-state index contributed by atoms with van der Waals surface area (Å²) >= 11 is 1.27. The smallest absolute Gasteiger partial charge is 0.278 e. The molecule has 0 atom stereocenters. The minimum absolute atomic E-state index is 0.290. The fraction of sp³-hybridized carbons (Fsp3) is 0.0556. The molecule has 0 aliphatic heterocycles. The molecule has 2 N–H and O–H groups in total. The van der Waals surface area contributed by atoms with Gasteiger partial charge in [0.05, 0.1) is 5.52 Å². The molecule has 2 heterocycles. The van der Waals surface area contributed by atoms with Crippen LogP contribution < -0.4 is 5.32 Å². The van der Waals surface area contributed by atoms with E-state index >= 15 is 0 Å². The lowest BCUT2D eigenvalue weighted by Gasteiger charge is -2.00. The van der Waals surface area contributed by atoms with Crippen LogP contribution in [-0.4, -0.2) is 21.1 Å². The molecule has 2 aromatic carbocycles. The standard InChI is InChI=1S/C18H12F2N4OS/c19-13-6-5-10(8-14(13)20)7-11-9-21-18(26-11)22-17(25)16-12-3-1-2-4-15(12)23-24-16/h1-6,8-9H,7H2,(H,23,24)(H,21,22,25). The number of benzene rings is 2. The number of hydrogen-bond donors (Lipinski definition) is 2. The van der Waals surface area contributed by atoms with Gasteiger partial charge >= 0.3 is 0 Å². The van der Waals surface area contributed by atoms with Crippen LogP contribution in [0, 0.1) is 11.6 Å². The van der Waals surface area contributed by atoms with Crippen LogP contribution in [0.5, 0.6) is 0 Å². The van der Waals surface area contributed by atoms with E-state index < -0.39 is 11.6 Å². The largest absolute Gasteiger partial charge is 0.296 e. The summed E-state index contributed by atoms with van der Waals surface area (Å²) in [5.41, 5.74) is 1.69. The van der Waals surface area contributed by atoms with Crippen LogP contribution in [0.15, 0.2) is 48.7 Å². The van der Waals surface area contributed by atoms with Crippen molar-refractivity contribution in [2.45, 2.75) is 6.42 Å². The quantitative estimate of drug-likeness (QED) is 0.567. The first-order chi connectivity index (χ1) is 12.6. The number of aromatic amines is 1. The molecule has 0 spiro atoms. The number of carbonyl (C=O) groups excluding carboxylic acids is 1. The van der Waals surface area contributed by atoms with E-state index in [-0.39, 0.29) is 11.6 Å². The average molecular weight is 370 g/mol. The van der Waals surface area contributed by atoms with Crippen molar-refractivity contribution in [3.63, 3.8) is 0 Å². The first kappa shape index (κ1) is 16.3. The Morgan fingerprint density at radius 3 is 2.85 bits per heavy atom. The first-order valence-corrected chi connectivity index (χ1v) is 8.55. The zero-order valence-electron chi connectivity index (χ0n) is 13.3. The predicted octanol–water partition coefficient (Wildman–Crippen LogP) is 4.14. The first-order valence-electron chi connectivity index (χ1n) is 7.73. The number of anilines is 1. The highest BCUT2D eigenvalue weighted by molar-refractivity contribution is 7.15. The zero-order chi connectivity index (χ0) is 18.1. The Bertz CT molecular complexity index is 1110. The molecule has 0 aliphatic rings. The van der Waals surface area contributed by atoms with Crippen molar-refractivity contribution >= 4 is 33.3 Å². The maximum Gasteiger partial charge on any atom is 0.278 e. The van der Waals surface area contributed by atoms with Crippen LogP contribution in [0.3, 0.4) is 0 Å². The van der Waals surface area contributed by atoms with Gasteiger partial charge in [-0.25, -0.2) is 13.8 Å². The number of halogens is 2. The second-order valence-electron chi connectivity index (χ2n) is 5.63. The van der Waals surface area contributed by atoms with E-state index in [0.29, 0.717) is 17.1 Å². The summed E-state index contributed by atoms with van der Waals surface area (Å²) < 4.78 is 26.3. The molecule has 1 amide bonds. The number of para-hydroxylation sites is 1. The maximum atomic E-state index is 13.3. The van der Waals surface area contributed by atoms with Gasteiger partial charge in [-0.05, 0) is 23.8 Å². The Labute approximate surface area is 150 Å². The van der Waals surface area contributed by atoms with E-state index in [4.69, 9.17) is 0 Å². The van der Waals surface area contributed by atoms with Crippen molar-refractivity contribution in [1.29, 1.82) is 0 Å². The summed E-state index contributed by atoms with van der Waals surface area (Å²) in [6.07, 6.45) is 2.00. The molecule has 0 fully saturated rings. The molecule has 130 valence electrons. The highest BCUT2D eigenvalue weighted by Gasteiger charge is 2.15. The van der Waals surface area contributed by atoms with E-state index in [0.717, 1.165) is 27.9 Å². The molecule has 4 aromatic rings. The number of amides is 1. The van der Waals surface area contributed by atoms with E-state index in [1.165, 1.54) is 17.4 Å². The number of hydrogen-bond acceptors (Lipinski definition) is 4. The molecule has 2 aromatic heterocycles. The number of carbonyl (C=O) groups is 1. The lowest BCUT2D eigenvalue weighted by Crippen LogP contribution is -2.12. The van der Waals surface area contributed by atoms with Gasteiger partial charge in [0.15, 0.2) is 22.5 Å². The number of nitrogens with one attached hydrogen (secondary N) is 2. The lowest BCUT2D eigenvalue weighted by molar-refractivity contribution is 0.102. The van der Waals surface area contributed by atoms with Gasteiger partial charge in [-0.2, -0.15) is 5.10 Å². The SMILES string of the molecule is O=C(Nc1ncc(Cc2ccc(F)c(F)c2)s1)c1n[nH]c2ccccc12. The molecule has 0 radical (unpaired) electrons. The highest BCUT2D eigenvalue weighted by atomic mass is 32.1. The topological polar surface area (TPSA) is 70.7 Å². The summed E-state index contributed by atoms with van der Waals surface area (Å²) in [4.78, 5) is 17.4. The van der Waals surface area contributed by atoms with Crippen molar-refractivity contribution in [1.82, 2.24) is 15.2 Å². The second-order valence-corrected chi connectivity index (χ2v) is 6.74. The fourth-order valence-electron chi connectivity index (χ4n) is 2.59. The van der Waals surface area contributed by atoms with Crippen LogP contribution in [0.4, 0.5) is 13.9 Å². The van der Waals surface area contributed by atoms with Gasteiger partial charge in [0.2, 0.25) is 0 Å². The molecule has 0 bridgehead atoms. The van der Waals surface area contributed by atoms with Crippen molar-refractivity contribution in [2.24, 2.45) is 0 Å². The Balaban J connectivity index is 1.49. The average Bonchev–Trinajstić information content (AvgIpc) is 3.25. The Morgan fingerprint density at radius 1 is 1.15 bits per heavy atom. The molecule has 0 unspecified atom stereocenters. The van der Waals surface area contributed by atoms with Crippen molar-refractivity contribution < 1.29 is 13.6 Å². The van der Waals surface area contributed by atoms with E-state index in [1.807, 2.05) is 24.3 Å². The van der Waals surface area contributed by atoms with Crippen LogP contribution in [-0.2, 0) is 6.42 Å². The number of rotatable bonds is 4. The Kier molecular flexibility index (Phi) is 4.18. The monoisotopic (exact) mass is 370 g/mol. The van der Waals surface area contributed by atoms with E-state index in [2.05, 4.69) is 20.5 Å².